The molecule has 2 aromatic carbocycles. The van der Waals surface area contributed by atoms with Gasteiger partial charge in [-0.1, -0.05) is 23.8 Å². The van der Waals surface area contributed by atoms with E-state index in [4.69, 9.17) is 18.9 Å². The summed E-state index contributed by atoms with van der Waals surface area (Å²) in [5, 5.41) is 12.9. The zero-order valence-corrected chi connectivity index (χ0v) is 19.3. The molecule has 0 aliphatic carbocycles. The van der Waals surface area contributed by atoms with Crippen LogP contribution in [0, 0.1) is 6.92 Å². The van der Waals surface area contributed by atoms with Gasteiger partial charge in [-0.2, -0.15) is 12.6 Å². The Hall–Kier alpha value is -2.91. The summed E-state index contributed by atoms with van der Waals surface area (Å²) in [6, 6.07) is 12.0. The summed E-state index contributed by atoms with van der Waals surface area (Å²) in [5.41, 5.74) is 2.14. The van der Waals surface area contributed by atoms with E-state index >= 15 is 0 Å². The van der Waals surface area contributed by atoms with Crippen molar-refractivity contribution in [3.63, 3.8) is 0 Å². The van der Waals surface area contributed by atoms with Crippen molar-refractivity contribution >= 4 is 30.4 Å². The number of hydrogen-bond acceptors (Lipinski definition) is 8. The molecule has 9 heteroatoms. The highest BCUT2D eigenvalue weighted by Gasteiger charge is 2.29. The van der Waals surface area contributed by atoms with Gasteiger partial charge >= 0.3 is 12.1 Å². The van der Waals surface area contributed by atoms with Crippen LogP contribution in [0.3, 0.4) is 0 Å². The zero-order chi connectivity index (χ0) is 23.5. The van der Waals surface area contributed by atoms with Gasteiger partial charge in [-0.15, -0.1) is 0 Å². The molecule has 174 valence electrons. The molecule has 2 aromatic rings. The fourth-order valence-electron chi connectivity index (χ4n) is 3.01. The molecule has 2 rings (SSSR count). The molecule has 0 aliphatic rings. The molecule has 0 bridgehead atoms. The Morgan fingerprint density at radius 2 is 1.88 bits per heavy atom. The molecule has 32 heavy (non-hydrogen) atoms. The maximum Gasteiger partial charge on any atom is 0.412 e. The number of phenolic OH excluding ortho intramolecular Hbond substituents is 1. The summed E-state index contributed by atoms with van der Waals surface area (Å²) in [6.45, 7) is 4.15. The summed E-state index contributed by atoms with van der Waals surface area (Å²) in [5.74, 6) is -0.313. The van der Waals surface area contributed by atoms with Crippen LogP contribution in [0.4, 0.5) is 10.5 Å². The quantitative estimate of drug-likeness (QED) is 0.338. The molecular weight excluding hydrogens is 434 g/mol. The number of nitrogens with one attached hydrogen (secondary N) is 1. The summed E-state index contributed by atoms with van der Waals surface area (Å²) >= 11 is 3.89. The number of amides is 1. The van der Waals surface area contributed by atoms with E-state index in [-0.39, 0.29) is 30.3 Å². The summed E-state index contributed by atoms with van der Waals surface area (Å²) < 4.78 is 21.7. The predicted molar refractivity (Wildman–Crippen MR) is 124 cm³/mol. The van der Waals surface area contributed by atoms with Crippen LogP contribution in [0.25, 0.3) is 0 Å². The molecule has 2 N–H and O–H groups in total. The Bertz CT molecular complexity index is 888. The number of hydrogen-bond donors (Lipinski definition) is 3. The van der Waals surface area contributed by atoms with Crippen LogP contribution in [0.2, 0.25) is 0 Å². The zero-order valence-electron chi connectivity index (χ0n) is 18.4. The van der Waals surface area contributed by atoms with E-state index in [9.17, 15) is 14.7 Å². The van der Waals surface area contributed by atoms with Crippen molar-refractivity contribution in [2.24, 2.45) is 0 Å². The van der Waals surface area contributed by atoms with Gasteiger partial charge in [-0.25, -0.2) is 4.79 Å². The van der Waals surface area contributed by atoms with Crippen LogP contribution in [0.15, 0.2) is 42.5 Å². The van der Waals surface area contributed by atoms with Gasteiger partial charge in [0.1, 0.15) is 6.10 Å². The van der Waals surface area contributed by atoms with Crippen LogP contribution in [-0.2, 0) is 19.0 Å². The minimum Gasteiger partial charge on any atom is -0.504 e. The smallest absolute Gasteiger partial charge is 0.412 e. The van der Waals surface area contributed by atoms with E-state index in [1.807, 2.05) is 26.0 Å². The summed E-state index contributed by atoms with van der Waals surface area (Å²) in [4.78, 5) is 24.1. The van der Waals surface area contributed by atoms with Gasteiger partial charge in [0.05, 0.1) is 19.5 Å². The number of carbonyl (C=O) groups excluding carboxylic acids is 2. The third kappa shape index (κ3) is 7.65. The highest BCUT2D eigenvalue weighted by Crippen LogP contribution is 2.33. The van der Waals surface area contributed by atoms with Crippen LogP contribution >= 0.6 is 12.6 Å². The fraction of sp³-hybridized carbons (Fsp3) is 0.391. The minimum absolute atomic E-state index is 0.0372. The lowest BCUT2D eigenvalue weighted by atomic mass is 10.0. The number of ether oxygens (including phenoxy) is 4. The predicted octanol–water partition coefficient (Wildman–Crippen LogP) is 4.27. The number of carbonyl (C=O) groups is 2. The Labute approximate surface area is 193 Å². The van der Waals surface area contributed by atoms with Crippen LogP contribution in [0.1, 0.15) is 30.6 Å². The number of phenols is 1. The number of aromatic hydroxyl groups is 1. The lowest BCUT2D eigenvalue weighted by Crippen LogP contribution is -2.30. The van der Waals surface area contributed by atoms with Gasteiger partial charge in [0.2, 0.25) is 0 Å². The summed E-state index contributed by atoms with van der Waals surface area (Å²) in [7, 11) is 1.44. The number of rotatable bonds is 11. The maximum absolute atomic E-state index is 12.7. The van der Waals surface area contributed by atoms with Gasteiger partial charge in [-0.05, 0) is 43.7 Å². The summed E-state index contributed by atoms with van der Waals surface area (Å²) in [6.07, 6.45) is -1.94. The first-order valence-corrected chi connectivity index (χ1v) is 10.8. The van der Waals surface area contributed by atoms with Gasteiger partial charge < -0.3 is 24.1 Å². The molecule has 0 spiro atoms. The van der Waals surface area contributed by atoms with Crippen LogP contribution in [-0.4, -0.2) is 49.3 Å². The van der Waals surface area contributed by atoms with Gasteiger partial charge in [0.15, 0.2) is 17.6 Å². The molecule has 2 atom stereocenters. The molecule has 8 nitrogen and oxygen atoms in total. The first-order chi connectivity index (χ1) is 15.4. The number of esters is 1. The highest BCUT2D eigenvalue weighted by molar-refractivity contribution is 7.81. The van der Waals surface area contributed by atoms with E-state index < -0.39 is 24.3 Å². The number of thiol groups is 1. The van der Waals surface area contributed by atoms with Gasteiger partial charge in [-0.3, -0.25) is 10.1 Å². The SMILES string of the molecule is CCO[C@@H](CCOC(=O)CS)[C@@H](OC(=O)Nc1ccc(C)cc1)c1ccc(OC)c(O)c1. The molecule has 1 amide bonds. The second-order valence-electron chi connectivity index (χ2n) is 6.91. The van der Waals surface area contributed by atoms with Crippen molar-refractivity contribution in [3.8, 4) is 11.5 Å². The third-order valence-corrected chi connectivity index (χ3v) is 4.83. The van der Waals surface area contributed by atoms with Crippen LogP contribution in [0.5, 0.6) is 11.5 Å². The average molecular weight is 464 g/mol. The third-order valence-electron chi connectivity index (χ3n) is 4.58. The van der Waals surface area contributed by atoms with E-state index in [1.54, 1.807) is 24.3 Å². The Morgan fingerprint density at radius 3 is 2.47 bits per heavy atom. The number of aryl methyl sites for hydroxylation is 1. The van der Waals surface area contributed by atoms with E-state index in [1.165, 1.54) is 13.2 Å². The average Bonchev–Trinajstić information content (AvgIpc) is 2.78. The number of anilines is 1. The van der Waals surface area contributed by atoms with E-state index in [2.05, 4.69) is 17.9 Å². The van der Waals surface area contributed by atoms with E-state index in [0.717, 1.165) is 5.56 Å². The maximum atomic E-state index is 12.7. The molecule has 0 heterocycles. The lowest BCUT2D eigenvalue weighted by molar-refractivity contribution is -0.142. The molecule has 0 aromatic heterocycles. The molecule has 0 radical (unpaired) electrons. The van der Waals surface area contributed by atoms with Gasteiger partial charge in [0, 0.05) is 18.7 Å². The van der Waals surface area contributed by atoms with Crippen molar-refractivity contribution in [2.45, 2.75) is 32.5 Å². The topological polar surface area (TPSA) is 103 Å². The molecule has 0 saturated heterocycles. The van der Waals surface area contributed by atoms with Crippen LogP contribution < -0.4 is 10.1 Å². The molecule has 0 saturated carbocycles. The van der Waals surface area contributed by atoms with E-state index in [0.29, 0.717) is 17.9 Å². The number of methoxy groups -OCH3 is 1. The normalized spacial score (nSPS) is 12.5. The number of benzene rings is 2. The molecule has 0 aliphatic heterocycles. The minimum atomic E-state index is -0.882. The fourth-order valence-corrected chi connectivity index (χ4v) is 3.10. The monoisotopic (exact) mass is 463 g/mol. The van der Waals surface area contributed by atoms with Crippen molar-refractivity contribution < 1.29 is 33.6 Å². The highest BCUT2D eigenvalue weighted by atomic mass is 32.1. The standard InChI is InChI=1S/C23H29NO7S/c1-4-29-20(11-12-30-21(26)14-32)22(16-7-10-19(28-3)18(25)13-16)31-23(27)24-17-8-5-15(2)6-9-17/h5-10,13,20,22,25,32H,4,11-12,14H2,1-3H3,(H,24,27)/t20-,22-/m0/s1. The molecular formula is C23H29NO7S. The van der Waals surface area contributed by atoms with Crippen molar-refractivity contribution in [1.29, 1.82) is 0 Å². The second kappa shape index (κ2) is 12.8. The second-order valence-corrected chi connectivity index (χ2v) is 7.23. The molecule has 0 fully saturated rings. The Kier molecular flexibility index (Phi) is 10.2. The van der Waals surface area contributed by atoms with Crippen molar-refractivity contribution in [1.82, 2.24) is 0 Å². The van der Waals surface area contributed by atoms with Crippen molar-refractivity contribution in [2.75, 3.05) is 31.4 Å². The lowest BCUT2D eigenvalue weighted by Gasteiger charge is -2.27. The largest absolute Gasteiger partial charge is 0.504 e. The van der Waals surface area contributed by atoms with Gasteiger partial charge in [0.25, 0.3) is 0 Å². The molecule has 0 unspecified atom stereocenters. The Morgan fingerprint density at radius 1 is 1.16 bits per heavy atom. The first-order valence-electron chi connectivity index (χ1n) is 10.2. The Balaban J connectivity index is 2.25. The van der Waals surface area contributed by atoms with Crippen molar-refractivity contribution in [3.05, 3.63) is 53.6 Å². The first kappa shape index (κ1) is 25.4.